The van der Waals surface area contributed by atoms with Crippen LogP contribution in [-0.4, -0.2) is 41.8 Å². The third kappa shape index (κ3) is 4.40. The topological polar surface area (TPSA) is 95.0 Å². The van der Waals surface area contributed by atoms with Crippen LogP contribution < -0.4 is 0 Å². The molecule has 1 aliphatic carbocycles. The Morgan fingerprint density at radius 1 is 1.18 bits per heavy atom. The lowest BCUT2D eigenvalue weighted by atomic mass is 9.75. The molecule has 1 aromatic carbocycles. The highest BCUT2D eigenvalue weighted by Crippen LogP contribution is 2.44. The van der Waals surface area contributed by atoms with Crippen LogP contribution in [0.4, 0.5) is 13.2 Å². The lowest BCUT2D eigenvalue weighted by molar-refractivity contribution is -0.131. The largest absolute Gasteiger partial charge is 0.412 e. The van der Waals surface area contributed by atoms with E-state index in [1.54, 1.807) is 37.3 Å². The van der Waals surface area contributed by atoms with E-state index < -0.39 is 29.5 Å². The first-order valence-electron chi connectivity index (χ1n) is 10.2. The summed E-state index contributed by atoms with van der Waals surface area (Å²) in [5, 5.41) is 28.0. The second-order valence-electron chi connectivity index (χ2n) is 8.09. The first kappa shape index (κ1) is 23.8. The van der Waals surface area contributed by atoms with E-state index in [4.69, 9.17) is 10.7 Å². The molecule has 0 radical (unpaired) electrons. The number of hydrogen-bond acceptors (Lipinski definition) is 4. The van der Waals surface area contributed by atoms with Crippen LogP contribution in [0.3, 0.4) is 0 Å². The van der Waals surface area contributed by atoms with Crippen molar-refractivity contribution in [3.05, 3.63) is 70.1 Å². The molecule has 33 heavy (non-hydrogen) atoms. The molecule has 6 nitrogen and oxygen atoms in total. The molecule has 0 fully saturated rings. The van der Waals surface area contributed by atoms with E-state index in [9.17, 15) is 23.2 Å². The van der Waals surface area contributed by atoms with E-state index >= 15 is 0 Å². The highest BCUT2D eigenvalue weighted by Gasteiger charge is 2.45. The first-order valence-corrected chi connectivity index (χ1v) is 10.2. The number of nitriles is 2. The number of amidine groups is 1. The zero-order chi connectivity index (χ0) is 24.5. The molecule has 1 aliphatic heterocycles. The zero-order valence-corrected chi connectivity index (χ0v) is 18.4. The van der Waals surface area contributed by atoms with Crippen LogP contribution in [0.2, 0.25) is 0 Å². The van der Waals surface area contributed by atoms with Gasteiger partial charge in [0.25, 0.3) is 0 Å². The molecule has 1 N–H and O–H groups in total. The summed E-state index contributed by atoms with van der Waals surface area (Å²) in [6.07, 6.45) is -1.98. The Bertz CT molecular complexity index is 1160. The predicted molar refractivity (Wildman–Crippen MR) is 115 cm³/mol. The first-order chi connectivity index (χ1) is 15.5. The Labute approximate surface area is 190 Å². The SMILES string of the molecule is CC1=C(C#N)C(c2ccc(C#N)cc2)C(C(=O)N(C)C)C(=N)N1C1=CCCC(C(F)(F)F)=C1. The standard InChI is InChI=1S/C24H22F3N5O/c1-14-19(13-29)20(16-9-7-15(12-28)8-10-16)21(23(33)31(2)3)22(30)32(14)18-6-4-5-17(11-18)24(25,26)27/h6-11,20-21,30H,4-5H2,1-3H3. The van der Waals surface area contributed by atoms with Gasteiger partial charge in [0.05, 0.1) is 23.3 Å². The minimum Gasteiger partial charge on any atom is -0.348 e. The molecule has 170 valence electrons. The van der Waals surface area contributed by atoms with Gasteiger partial charge < -0.3 is 9.80 Å². The van der Waals surface area contributed by atoms with Crippen LogP contribution in [0.5, 0.6) is 0 Å². The number of allylic oxidation sites excluding steroid dienone is 5. The molecule has 0 spiro atoms. The molecule has 3 rings (SSSR count). The Kier molecular flexibility index (Phi) is 6.46. The summed E-state index contributed by atoms with van der Waals surface area (Å²) in [4.78, 5) is 15.8. The summed E-state index contributed by atoms with van der Waals surface area (Å²) in [7, 11) is 3.04. The third-order valence-corrected chi connectivity index (χ3v) is 5.84. The number of nitrogens with zero attached hydrogens (tertiary/aromatic N) is 4. The van der Waals surface area contributed by atoms with Gasteiger partial charge >= 0.3 is 6.18 Å². The molecule has 0 saturated carbocycles. The fraction of sp³-hybridized carbons (Fsp3) is 0.333. The summed E-state index contributed by atoms with van der Waals surface area (Å²) in [5.74, 6) is -2.59. The lowest BCUT2D eigenvalue weighted by Crippen LogP contribution is -2.48. The van der Waals surface area contributed by atoms with Crippen molar-refractivity contribution in [3.8, 4) is 12.1 Å². The minimum absolute atomic E-state index is 0.124. The second-order valence-corrected chi connectivity index (χ2v) is 8.09. The summed E-state index contributed by atoms with van der Waals surface area (Å²) in [5.41, 5.74) is 0.856. The van der Waals surface area contributed by atoms with Crippen molar-refractivity contribution in [1.29, 1.82) is 15.9 Å². The van der Waals surface area contributed by atoms with E-state index in [0.29, 0.717) is 16.8 Å². The van der Waals surface area contributed by atoms with Crippen LogP contribution in [0.1, 0.15) is 36.8 Å². The monoisotopic (exact) mass is 453 g/mol. The average Bonchev–Trinajstić information content (AvgIpc) is 2.78. The van der Waals surface area contributed by atoms with Crippen LogP contribution in [0.15, 0.2) is 59.0 Å². The molecular weight excluding hydrogens is 431 g/mol. The number of hydrogen-bond donors (Lipinski definition) is 1. The summed E-state index contributed by atoms with van der Waals surface area (Å²) in [6, 6.07) is 10.5. The minimum atomic E-state index is -4.50. The van der Waals surface area contributed by atoms with Gasteiger partial charge in [0.1, 0.15) is 11.8 Å². The van der Waals surface area contributed by atoms with Gasteiger partial charge in [-0.2, -0.15) is 23.7 Å². The van der Waals surface area contributed by atoms with E-state index in [1.807, 2.05) is 6.07 Å². The second kappa shape index (κ2) is 8.95. The fourth-order valence-electron chi connectivity index (χ4n) is 4.20. The van der Waals surface area contributed by atoms with Crippen molar-refractivity contribution in [3.63, 3.8) is 0 Å². The highest BCUT2D eigenvalue weighted by atomic mass is 19.4. The van der Waals surface area contributed by atoms with Gasteiger partial charge in [-0.25, -0.2) is 0 Å². The van der Waals surface area contributed by atoms with Crippen LogP contribution in [-0.2, 0) is 4.79 Å². The number of carbonyl (C=O) groups excluding carboxylic acids is 1. The quantitative estimate of drug-likeness (QED) is 0.723. The maximum absolute atomic E-state index is 13.4. The van der Waals surface area contributed by atoms with Gasteiger partial charge in [0, 0.05) is 37.0 Å². The summed E-state index contributed by atoms with van der Waals surface area (Å²) in [6.45, 7) is 1.57. The Morgan fingerprint density at radius 2 is 1.82 bits per heavy atom. The number of alkyl halides is 3. The average molecular weight is 453 g/mol. The third-order valence-electron chi connectivity index (χ3n) is 5.84. The highest BCUT2D eigenvalue weighted by molar-refractivity contribution is 6.05. The Morgan fingerprint density at radius 3 is 2.33 bits per heavy atom. The van der Waals surface area contributed by atoms with Gasteiger partial charge in [-0.15, -0.1) is 0 Å². The van der Waals surface area contributed by atoms with Crippen molar-refractivity contribution >= 4 is 11.7 Å². The number of rotatable bonds is 3. The molecular formula is C24H22F3N5O. The van der Waals surface area contributed by atoms with Crippen molar-refractivity contribution in [2.24, 2.45) is 5.92 Å². The molecule has 0 bridgehead atoms. The number of carbonyl (C=O) groups is 1. The normalized spacial score (nSPS) is 21.1. The molecule has 9 heteroatoms. The van der Waals surface area contributed by atoms with Crippen LogP contribution >= 0.6 is 0 Å². The maximum Gasteiger partial charge on any atom is 0.412 e. The van der Waals surface area contributed by atoms with Crippen LogP contribution in [0.25, 0.3) is 0 Å². The predicted octanol–water partition coefficient (Wildman–Crippen LogP) is 4.60. The van der Waals surface area contributed by atoms with Crippen molar-refractivity contribution in [2.75, 3.05) is 14.1 Å². The molecule has 1 heterocycles. The van der Waals surface area contributed by atoms with E-state index in [-0.39, 0.29) is 29.9 Å². The fourth-order valence-corrected chi connectivity index (χ4v) is 4.20. The molecule has 2 unspecified atom stereocenters. The Balaban J connectivity index is 2.21. The molecule has 1 aromatic rings. The zero-order valence-electron chi connectivity index (χ0n) is 18.4. The van der Waals surface area contributed by atoms with Crippen LogP contribution in [0, 0.1) is 34.0 Å². The maximum atomic E-state index is 13.4. The van der Waals surface area contributed by atoms with Crippen molar-refractivity contribution in [2.45, 2.75) is 31.9 Å². The van der Waals surface area contributed by atoms with E-state index in [1.165, 1.54) is 23.9 Å². The van der Waals surface area contributed by atoms with E-state index in [2.05, 4.69) is 6.07 Å². The van der Waals surface area contributed by atoms with Gasteiger partial charge in [-0.3, -0.25) is 10.2 Å². The summed E-state index contributed by atoms with van der Waals surface area (Å²) < 4.78 is 40.1. The lowest BCUT2D eigenvalue weighted by Gasteiger charge is -2.41. The number of nitrogens with one attached hydrogen (secondary N) is 1. The van der Waals surface area contributed by atoms with Crippen molar-refractivity contribution < 1.29 is 18.0 Å². The van der Waals surface area contributed by atoms with Gasteiger partial charge in [-0.05, 0) is 43.5 Å². The van der Waals surface area contributed by atoms with E-state index in [0.717, 1.165) is 6.08 Å². The molecule has 2 atom stereocenters. The number of amides is 1. The molecule has 0 saturated heterocycles. The Hall–Kier alpha value is -3.85. The van der Waals surface area contributed by atoms with Gasteiger partial charge in [-0.1, -0.05) is 18.2 Å². The number of halogens is 3. The van der Waals surface area contributed by atoms with Gasteiger partial charge in [0.2, 0.25) is 5.91 Å². The van der Waals surface area contributed by atoms with Gasteiger partial charge in [0.15, 0.2) is 0 Å². The number of benzene rings is 1. The molecule has 1 amide bonds. The molecule has 2 aliphatic rings. The smallest absolute Gasteiger partial charge is 0.348 e. The van der Waals surface area contributed by atoms with Crippen molar-refractivity contribution in [1.82, 2.24) is 9.80 Å². The summed E-state index contributed by atoms with van der Waals surface area (Å²) >= 11 is 0. The molecule has 0 aromatic heterocycles.